The molecule has 25 heavy (non-hydrogen) atoms. The van der Waals surface area contributed by atoms with Crippen LogP contribution in [0.15, 0.2) is 53.6 Å². The van der Waals surface area contributed by atoms with Gasteiger partial charge < -0.3 is 15.2 Å². The molecule has 0 spiro atoms. The summed E-state index contributed by atoms with van der Waals surface area (Å²) in [5, 5.41) is 3.93. The van der Waals surface area contributed by atoms with Gasteiger partial charge in [-0.15, -0.1) is 0 Å². The molecule has 2 aromatic rings. The minimum atomic E-state index is -0.572. The largest absolute Gasteiger partial charge is 0.490 e. The molecule has 0 atom stereocenters. The first-order valence-corrected chi connectivity index (χ1v) is 7.66. The van der Waals surface area contributed by atoms with Gasteiger partial charge in [0.2, 0.25) is 0 Å². The third kappa shape index (κ3) is 5.65. The van der Waals surface area contributed by atoms with Crippen molar-refractivity contribution in [1.29, 1.82) is 0 Å². The Morgan fingerprint density at radius 1 is 1.12 bits per heavy atom. The highest BCUT2D eigenvalue weighted by atomic mass is 16.5. The Hall–Kier alpha value is -3.35. The molecule has 3 N–H and O–H groups in total. The lowest BCUT2D eigenvalue weighted by Gasteiger charge is -2.11. The summed E-state index contributed by atoms with van der Waals surface area (Å²) in [6.45, 7) is 2.03. The van der Waals surface area contributed by atoms with Crippen LogP contribution < -0.4 is 20.6 Å². The van der Waals surface area contributed by atoms with Crippen molar-refractivity contribution < 1.29 is 19.1 Å². The molecule has 2 rings (SSSR count). The van der Waals surface area contributed by atoms with E-state index < -0.39 is 5.91 Å². The molecule has 0 radical (unpaired) electrons. The first-order chi connectivity index (χ1) is 12.1. The van der Waals surface area contributed by atoms with E-state index in [0.717, 1.165) is 0 Å². The zero-order valence-electron chi connectivity index (χ0n) is 13.8. The monoisotopic (exact) mass is 341 g/mol. The molecule has 0 aromatic heterocycles. The number of nitrogens with one attached hydrogen (secondary N) is 1. The maximum absolute atomic E-state index is 11.9. The van der Waals surface area contributed by atoms with Crippen LogP contribution in [0, 0.1) is 0 Å². The predicted molar refractivity (Wildman–Crippen MR) is 93.8 cm³/mol. The van der Waals surface area contributed by atoms with Crippen molar-refractivity contribution in [2.45, 2.75) is 6.92 Å². The average Bonchev–Trinajstić information content (AvgIpc) is 2.62. The zero-order chi connectivity index (χ0) is 18.1. The zero-order valence-corrected chi connectivity index (χ0v) is 13.8. The molecule has 0 saturated carbocycles. The first kappa shape index (κ1) is 18.0. The number of hydrogen-bond donors (Lipinski definition) is 2. The van der Waals surface area contributed by atoms with Crippen LogP contribution in [0.5, 0.6) is 11.5 Å². The Morgan fingerprint density at radius 2 is 1.88 bits per heavy atom. The van der Waals surface area contributed by atoms with Crippen LogP contribution in [0.3, 0.4) is 0 Å². The summed E-state index contributed by atoms with van der Waals surface area (Å²) >= 11 is 0. The molecule has 0 bridgehead atoms. The van der Waals surface area contributed by atoms with Crippen LogP contribution in [-0.2, 0) is 4.79 Å². The number of primary amides is 1. The van der Waals surface area contributed by atoms with Gasteiger partial charge in [0.15, 0.2) is 18.1 Å². The molecule has 0 aliphatic carbocycles. The lowest BCUT2D eigenvalue weighted by Crippen LogP contribution is -2.20. The Kier molecular flexibility index (Phi) is 6.53. The number of hydrogen-bond acceptors (Lipinski definition) is 5. The number of amides is 2. The molecule has 0 unspecified atom stereocenters. The summed E-state index contributed by atoms with van der Waals surface area (Å²) in [6, 6.07) is 13.8. The van der Waals surface area contributed by atoms with Crippen molar-refractivity contribution in [2.75, 3.05) is 13.2 Å². The summed E-state index contributed by atoms with van der Waals surface area (Å²) < 4.78 is 10.8. The summed E-state index contributed by atoms with van der Waals surface area (Å²) in [5.41, 5.74) is 8.74. The lowest BCUT2D eigenvalue weighted by atomic mass is 10.2. The first-order valence-electron chi connectivity index (χ1n) is 7.66. The van der Waals surface area contributed by atoms with Gasteiger partial charge in [-0.1, -0.05) is 18.2 Å². The molecule has 2 amide bonds. The van der Waals surface area contributed by atoms with E-state index in [1.165, 1.54) is 6.21 Å². The van der Waals surface area contributed by atoms with Crippen molar-refractivity contribution in [3.63, 3.8) is 0 Å². The smallest absolute Gasteiger partial charge is 0.271 e. The highest BCUT2D eigenvalue weighted by Crippen LogP contribution is 2.27. The third-order valence-electron chi connectivity index (χ3n) is 3.05. The van der Waals surface area contributed by atoms with E-state index in [1.54, 1.807) is 42.5 Å². The fourth-order valence-corrected chi connectivity index (χ4v) is 1.96. The maximum atomic E-state index is 11.9. The summed E-state index contributed by atoms with van der Waals surface area (Å²) in [6.07, 6.45) is 1.49. The van der Waals surface area contributed by atoms with E-state index >= 15 is 0 Å². The van der Waals surface area contributed by atoms with Crippen LogP contribution in [0.1, 0.15) is 22.8 Å². The van der Waals surface area contributed by atoms with Gasteiger partial charge in [-0.25, -0.2) is 5.43 Å². The summed E-state index contributed by atoms with van der Waals surface area (Å²) in [7, 11) is 0. The second kappa shape index (κ2) is 9.07. The molecule has 7 heteroatoms. The normalized spacial score (nSPS) is 10.4. The molecule has 0 aliphatic heterocycles. The van der Waals surface area contributed by atoms with E-state index in [1.807, 2.05) is 13.0 Å². The van der Waals surface area contributed by atoms with E-state index in [0.29, 0.717) is 29.2 Å². The van der Waals surface area contributed by atoms with E-state index in [-0.39, 0.29) is 12.5 Å². The molecule has 7 nitrogen and oxygen atoms in total. The SMILES string of the molecule is CCOc1cc(/C=N\NC(=O)c2ccccc2)ccc1OCC(N)=O. The third-order valence-corrected chi connectivity index (χ3v) is 3.05. The molecule has 130 valence electrons. The minimum Gasteiger partial charge on any atom is -0.490 e. The van der Waals surface area contributed by atoms with Gasteiger partial charge in [0.25, 0.3) is 11.8 Å². The van der Waals surface area contributed by atoms with Crippen LogP contribution in [0.25, 0.3) is 0 Å². The number of carbonyl (C=O) groups is 2. The number of benzene rings is 2. The van der Waals surface area contributed by atoms with Gasteiger partial charge in [-0.3, -0.25) is 9.59 Å². The second-order valence-electron chi connectivity index (χ2n) is 4.96. The van der Waals surface area contributed by atoms with Gasteiger partial charge in [0, 0.05) is 5.56 Å². The molecule has 0 fully saturated rings. The summed E-state index contributed by atoms with van der Waals surface area (Å²) in [5.74, 6) is -0.00628. The van der Waals surface area contributed by atoms with Gasteiger partial charge in [-0.05, 0) is 42.8 Å². The minimum absolute atomic E-state index is 0.235. The van der Waals surface area contributed by atoms with Crippen LogP contribution in [0.4, 0.5) is 0 Å². The van der Waals surface area contributed by atoms with Crippen molar-refractivity contribution in [3.8, 4) is 11.5 Å². The summed E-state index contributed by atoms with van der Waals surface area (Å²) in [4.78, 5) is 22.7. The van der Waals surface area contributed by atoms with Crippen LogP contribution in [0.2, 0.25) is 0 Å². The van der Waals surface area contributed by atoms with E-state index in [2.05, 4.69) is 10.5 Å². The standard InChI is InChI=1S/C18H19N3O4/c1-2-24-16-10-13(8-9-15(16)25-12-17(19)22)11-20-21-18(23)14-6-4-3-5-7-14/h3-11H,2,12H2,1H3,(H2,19,22)(H,21,23)/b20-11-. The number of nitrogens with zero attached hydrogens (tertiary/aromatic N) is 1. The fourth-order valence-electron chi connectivity index (χ4n) is 1.96. The molecular weight excluding hydrogens is 322 g/mol. The van der Waals surface area contributed by atoms with Crippen molar-refractivity contribution >= 4 is 18.0 Å². The maximum Gasteiger partial charge on any atom is 0.271 e. The number of nitrogens with two attached hydrogens (primary N) is 1. The Morgan fingerprint density at radius 3 is 2.56 bits per heavy atom. The number of carbonyl (C=O) groups excluding carboxylic acids is 2. The topological polar surface area (TPSA) is 103 Å². The van der Waals surface area contributed by atoms with Gasteiger partial charge in [-0.2, -0.15) is 5.10 Å². The highest BCUT2D eigenvalue weighted by Gasteiger charge is 2.07. The quantitative estimate of drug-likeness (QED) is 0.563. The molecule has 0 aliphatic rings. The molecular formula is C18H19N3O4. The Bertz CT molecular complexity index is 760. The average molecular weight is 341 g/mol. The van der Waals surface area contributed by atoms with Crippen LogP contribution >= 0.6 is 0 Å². The Labute approximate surface area is 145 Å². The van der Waals surface area contributed by atoms with Gasteiger partial charge in [0.05, 0.1) is 12.8 Å². The predicted octanol–water partition coefficient (Wildman–Crippen LogP) is 1.71. The number of rotatable bonds is 8. The number of hydrazone groups is 1. The van der Waals surface area contributed by atoms with Crippen molar-refractivity contribution in [2.24, 2.45) is 10.8 Å². The fraction of sp³-hybridized carbons (Fsp3) is 0.167. The van der Waals surface area contributed by atoms with E-state index in [9.17, 15) is 9.59 Å². The van der Waals surface area contributed by atoms with E-state index in [4.69, 9.17) is 15.2 Å². The molecule has 0 heterocycles. The van der Waals surface area contributed by atoms with Crippen molar-refractivity contribution in [1.82, 2.24) is 5.43 Å². The van der Waals surface area contributed by atoms with Crippen molar-refractivity contribution in [3.05, 3.63) is 59.7 Å². The highest BCUT2D eigenvalue weighted by molar-refractivity contribution is 5.94. The second-order valence-corrected chi connectivity index (χ2v) is 4.96. The van der Waals surface area contributed by atoms with Crippen LogP contribution in [-0.4, -0.2) is 31.2 Å². The van der Waals surface area contributed by atoms with Gasteiger partial charge >= 0.3 is 0 Å². The molecule has 2 aromatic carbocycles. The molecule has 0 saturated heterocycles. The number of ether oxygens (including phenoxy) is 2. The lowest BCUT2D eigenvalue weighted by molar-refractivity contribution is -0.119. The van der Waals surface area contributed by atoms with Gasteiger partial charge in [0.1, 0.15) is 0 Å². The Balaban J connectivity index is 2.04.